The van der Waals surface area contributed by atoms with Crippen molar-refractivity contribution >= 4 is 5.82 Å². The lowest BCUT2D eigenvalue weighted by atomic mass is 9.94. The number of aryl methyl sites for hydroxylation is 1. The Bertz CT molecular complexity index is 363. The standard InChI is InChI=1S/C13H19N3/c1-10-4-2-6-13(15-10)16-8-11-5-3-7-14-12(11)9-16/h2,4,6,11-12,14H,3,5,7-9H2,1H3/t11-,12+/m0/s1. The van der Waals surface area contributed by atoms with Gasteiger partial charge in [-0.1, -0.05) is 6.07 Å². The van der Waals surface area contributed by atoms with Gasteiger partial charge < -0.3 is 10.2 Å². The van der Waals surface area contributed by atoms with Crippen LogP contribution in [0.15, 0.2) is 18.2 Å². The summed E-state index contributed by atoms with van der Waals surface area (Å²) in [6.07, 6.45) is 2.70. The third-order valence-corrected chi connectivity index (χ3v) is 3.80. The lowest BCUT2D eigenvalue weighted by molar-refractivity contribution is 0.340. The minimum absolute atomic E-state index is 0.691. The first-order chi connectivity index (χ1) is 7.83. The number of anilines is 1. The Hall–Kier alpha value is -1.09. The Morgan fingerprint density at radius 1 is 1.38 bits per heavy atom. The Balaban J connectivity index is 1.77. The monoisotopic (exact) mass is 217 g/mol. The molecule has 3 heteroatoms. The molecule has 86 valence electrons. The molecule has 2 atom stereocenters. The van der Waals surface area contributed by atoms with Crippen molar-refractivity contribution in [2.75, 3.05) is 24.5 Å². The molecule has 0 radical (unpaired) electrons. The second kappa shape index (κ2) is 4.06. The lowest BCUT2D eigenvalue weighted by Crippen LogP contribution is -2.40. The zero-order chi connectivity index (χ0) is 11.0. The molecule has 1 aromatic rings. The van der Waals surface area contributed by atoms with E-state index in [1.807, 2.05) is 0 Å². The number of aromatic nitrogens is 1. The number of hydrogen-bond acceptors (Lipinski definition) is 3. The van der Waals surface area contributed by atoms with Crippen molar-refractivity contribution in [2.45, 2.75) is 25.8 Å². The van der Waals surface area contributed by atoms with Gasteiger partial charge in [0.25, 0.3) is 0 Å². The van der Waals surface area contributed by atoms with Gasteiger partial charge in [0.05, 0.1) is 0 Å². The van der Waals surface area contributed by atoms with E-state index in [0.29, 0.717) is 6.04 Å². The van der Waals surface area contributed by atoms with Gasteiger partial charge in [0.15, 0.2) is 0 Å². The number of nitrogens with zero attached hydrogens (tertiary/aromatic N) is 2. The smallest absolute Gasteiger partial charge is 0.128 e. The van der Waals surface area contributed by atoms with Crippen molar-refractivity contribution in [1.29, 1.82) is 0 Å². The fourth-order valence-electron chi connectivity index (χ4n) is 2.94. The van der Waals surface area contributed by atoms with E-state index in [0.717, 1.165) is 24.0 Å². The highest BCUT2D eigenvalue weighted by Crippen LogP contribution is 2.27. The minimum atomic E-state index is 0.691. The van der Waals surface area contributed by atoms with Gasteiger partial charge in [-0.15, -0.1) is 0 Å². The first-order valence-electron chi connectivity index (χ1n) is 6.25. The van der Waals surface area contributed by atoms with Crippen LogP contribution in [0.1, 0.15) is 18.5 Å². The van der Waals surface area contributed by atoms with Gasteiger partial charge in [0, 0.05) is 24.8 Å². The minimum Gasteiger partial charge on any atom is -0.355 e. The molecule has 2 aliphatic rings. The summed E-state index contributed by atoms with van der Waals surface area (Å²) in [6.45, 7) is 5.55. The highest BCUT2D eigenvalue weighted by Gasteiger charge is 2.34. The molecule has 0 aliphatic carbocycles. The van der Waals surface area contributed by atoms with Gasteiger partial charge in [-0.05, 0) is 44.4 Å². The second-order valence-corrected chi connectivity index (χ2v) is 5.01. The summed E-state index contributed by atoms with van der Waals surface area (Å²) < 4.78 is 0. The van der Waals surface area contributed by atoms with Crippen molar-refractivity contribution in [2.24, 2.45) is 5.92 Å². The molecule has 0 bridgehead atoms. The van der Waals surface area contributed by atoms with Crippen LogP contribution in [-0.2, 0) is 0 Å². The van der Waals surface area contributed by atoms with E-state index < -0.39 is 0 Å². The molecule has 3 nitrogen and oxygen atoms in total. The van der Waals surface area contributed by atoms with Crippen molar-refractivity contribution in [3.8, 4) is 0 Å². The van der Waals surface area contributed by atoms with Crippen molar-refractivity contribution in [3.63, 3.8) is 0 Å². The van der Waals surface area contributed by atoms with E-state index >= 15 is 0 Å². The van der Waals surface area contributed by atoms with Gasteiger partial charge in [-0.25, -0.2) is 4.98 Å². The molecule has 1 N–H and O–H groups in total. The molecule has 16 heavy (non-hydrogen) atoms. The summed E-state index contributed by atoms with van der Waals surface area (Å²) in [5.41, 5.74) is 1.11. The quantitative estimate of drug-likeness (QED) is 0.774. The van der Waals surface area contributed by atoms with Crippen LogP contribution in [0.3, 0.4) is 0 Å². The zero-order valence-electron chi connectivity index (χ0n) is 9.82. The third-order valence-electron chi connectivity index (χ3n) is 3.80. The molecule has 2 fully saturated rings. The number of nitrogens with one attached hydrogen (secondary N) is 1. The number of rotatable bonds is 1. The van der Waals surface area contributed by atoms with Crippen LogP contribution >= 0.6 is 0 Å². The van der Waals surface area contributed by atoms with Crippen LogP contribution in [-0.4, -0.2) is 30.7 Å². The van der Waals surface area contributed by atoms with Gasteiger partial charge >= 0.3 is 0 Å². The zero-order valence-corrected chi connectivity index (χ0v) is 9.82. The fraction of sp³-hybridized carbons (Fsp3) is 0.615. The van der Waals surface area contributed by atoms with Crippen LogP contribution in [0.25, 0.3) is 0 Å². The van der Waals surface area contributed by atoms with Gasteiger partial charge in [-0.2, -0.15) is 0 Å². The maximum absolute atomic E-state index is 4.61. The number of pyridine rings is 1. The highest BCUT2D eigenvalue weighted by molar-refractivity contribution is 5.41. The Labute approximate surface area is 96.9 Å². The molecule has 0 aromatic carbocycles. The van der Waals surface area contributed by atoms with E-state index in [1.165, 1.54) is 25.9 Å². The molecule has 0 unspecified atom stereocenters. The maximum Gasteiger partial charge on any atom is 0.128 e. The molecule has 0 amide bonds. The predicted octanol–water partition coefficient (Wildman–Crippen LogP) is 1.58. The second-order valence-electron chi connectivity index (χ2n) is 5.01. The van der Waals surface area contributed by atoms with Crippen molar-refractivity contribution in [3.05, 3.63) is 23.9 Å². The predicted molar refractivity (Wildman–Crippen MR) is 65.7 cm³/mol. The first kappa shape index (κ1) is 10.1. The van der Waals surface area contributed by atoms with Crippen LogP contribution in [0.4, 0.5) is 5.82 Å². The Kier molecular flexibility index (Phi) is 2.56. The summed E-state index contributed by atoms with van der Waals surface area (Å²) >= 11 is 0. The lowest BCUT2D eigenvalue weighted by Gasteiger charge is -2.24. The molecule has 3 rings (SSSR count). The summed E-state index contributed by atoms with van der Waals surface area (Å²) in [5, 5.41) is 3.63. The molecule has 2 saturated heterocycles. The molecule has 0 saturated carbocycles. The number of hydrogen-bond donors (Lipinski definition) is 1. The first-order valence-corrected chi connectivity index (χ1v) is 6.25. The van der Waals surface area contributed by atoms with Gasteiger partial charge in [0.2, 0.25) is 0 Å². The summed E-state index contributed by atoms with van der Waals surface area (Å²) in [7, 11) is 0. The molecular weight excluding hydrogens is 198 g/mol. The van der Waals surface area contributed by atoms with E-state index in [-0.39, 0.29) is 0 Å². The fourth-order valence-corrected chi connectivity index (χ4v) is 2.94. The normalized spacial score (nSPS) is 29.2. The maximum atomic E-state index is 4.61. The molecular formula is C13H19N3. The number of piperidine rings is 1. The van der Waals surface area contributed by atoms with E-state index in [1.54, 1.807) is 0 Å². The average Bonchev–Trinajstić information content (AvgIpc) is 2.72. The average molecular weight is 217 g/mol. The molecule has 0 spiro atoms. The summed E-state index contributed by atoms with van der Waals surface area (Å²) in [5.74, 6) is 1.98. The SMILES string of the molecule is Cc1cccc(N2C[C@@H]3CCCN[C@@H]3C2)n1. The van der Waals surface area contributed by atoms with Crippen molar-refractivity contribution < 1.29 is 0 Å². The van der Waals surface area contributed by atoms with E-state index in [9.17, 15) is 0 Å². The largest absolute Gasteiger partial charge is 0.355 e. The Morgan fingerprint density at radius 3 is 3.12 bits per heavy atom. The summed E-state index contributed by atoms with van der Waals surface area (Å²) in [4.78, 5) is 7.04. The van der Waals surface area contributed by atoms with Crippen molar-refractivity contribution in [1.82, 2.24) is 10.3 Å². The third kappa shape index (κ3) is 1.80. The van der Waals surface area contributed by atoms with Gasteiger partial charge in [-0.3, -0.25) is 0 Å². The molecule has 3 heterocycles. The topological polar surface area (TPSA) is 28.2 Å². The van der Waals surface area contributed by atoms with Crippen LogP contribution in [0.5, 0.6) is 0 Å². The van der Waals surface area contributed by atoms with E-state index in [2.05, 4.69) is 40.3 Å². The number of fused-ring (bicyclic) bond motifs is 1. The Morgan fingerprint density at radius 2 is 2.31 bits per heavy atom. The van der Waals surface area contributed by atoms with Crippen LogP contribution in [0, 0.1) is 12.8 Å². The van der Waals surface area contributed by atoms with E-state index in [4.69, 9.17) is 0 Å². The molecule has 1 aromatic heterocycles. The summed E-state index contributed by atoms with van der Waals surface area (Å²) in [6, 6.07) is 6.98. The van der Waals surface area contributed by atoms with Crippen LogP contribution in [0.2, 0.25) is 0 Å². The highest BCUT2D eigenvalue weighted by atomic mass is 15.2. The van der Waals surface area contributed by atoms with Gasteiger partial charge in [0.1, 0.15) is 5.82 Å². The molecule has 2 aliphatic heterocycles. The van der Waals surface area contributed by atoms with Crippen LogP contribution < -0.4 is 10.2 Å².